The van der Waals surface area contributed by atoms with Crippen LogP contribution < -0.4 is 0 Å². The first-order valence-electron chi connectivity index (χ1n) is 10.8. The average molecular weight is 465 g/mol. The Morgan fingerprint density at radius 2 is 1.94 bits per heavy atom. The molecule has 0 spiro atoms. The molecule has 0 fully saturated rings. The van der Waals surface area contributed by atoms with Crippen molar-refractivity contribution in [1.82, 2.24) is 19.3 Å². The third kappa shape index (κ3) is 4.96. The number of hydrogen-bond acceptors (Lipinski definition) is 6. The smallest absolute Gasteiger partial charge is 0.200 e. The van der Waals surface area contributed by atoms with E-state index in [4.69, 9.17) is 9.15 Å². The molecule has 0 aliphatic carbocycles. The molecule has 4 rings (SSSR count). The van der Waals surface area contributed by atoms with E-state index in [-0.39, 0.29) is 17.6 Å². The van der Waals surface area contributed by atoms with Crippen molar-refractivity contribution >= 4 is 17.5 Å². The lowest BCUT2D eigenvalue weighted by Crippen LogP contribution is -2.15. The number of aromatic nitrogens is 4. The lowest BCUT2D eigenvalue weighted by Gasteiger charge is -2.17. The summed E-state index contributed by atoms with van der Waals surface area (Å²) in [6.45, 7) is 7.29. The maximum Gasteiger partial charge on any atom is 0.200 e. The van der Waals surface area contributed by atoms with Gasteiger partial charge in [0, 0.05) is 24.1 Å². The van der Waals surface area contributed by atoms with Gasteiger partial charge in [0.25, 0.3) is 0 Å². The highest BCUT2D eigenvalue weighted by atomic mass is 32.2. The van der Waals surface area contributed by atoms with E-state index >= 15 is 0 Å². The molecule has 0 unspecified atom stereocenters. The molecule has 1 atom stereocenters. The average Bonchev–Trinajstić information content (AvgIpc) is 3.53. The monoisotopic (exact) mass is 464 g/mol. The summed E-state index contributed by atoms with van der Waals surface area (Å²) in [6.07, 6.45) is 1.62. The van der Waals surface area contributed by atoms with E-state index in [1.807, 2.05) is 54.8 Å². The van der Waals surface area contributed by atoms with E-state index in [0.717, 1.165) is 22.5 Å². The van der Waals surface area contributed by atoms with Crippen molar-refractivity contribution in [2.75, 3.05) is 19.5 Å². The summed E-state index contributed by atoms with van der Waals surface area (Å²) in [5.41, 5.74) is 3.87. The predicted molar refractivity (Wildman–Crippen MR) is 129 cm³/mol. The van der Waals surface area contributed by atoms with E-state index in [1.165, 1.54) is 11.8 Å². The molecule has 0 amide bonds. The Kier molecular flexibility index (Phi) is 7.15. The number of thioether (sulfide) groups is 1. The number of carbonyl (C=O) groups is 1. The number of rotatable bonds is 10. The first kappa shape index (κ1) is 23.1. The fourth-order valence-corrected chi connectivity index (χ4v) is 4.97. The van der Waals surface area contributed by atoms with Gasteiger partial charge in [-0.05, 0) is 44.5 Å². The van der Waals surface area contributed by atoms with Crippen LogP contribution in [-0.4, -0.2) is 44.6 Å². The number of carbonyl (C=O) groups excluding carboxylic acids is 1. The maximum absolute atomic E-state index is 13.1. The number of nitrogens with zero attached hydrogens (tertiary/aromatic N) is 4. The van der Waals surface area contributed by atoms with Crippen LogP contribution in [0.3, 0.4) is 0 Å². The summed E-state index contributed by atoms with van der Waals surface area (Å²) >= 11 is 1.39. The lowest BCUT2D eigenvalue weighted by atomic mass is 10.2. The SMILES string of the molecule is COC[C@H](C)n1c(C)cc(C(=O)CSc2nnc(-c3ccco3)n2Cc2ccccc2)c1C. The molecule has 8 heteroatoms. The second-order valence-corrected chi connectivity index (χ2v) is 8.97. The fourth-order valence-electron chi connectivity index (χ4n) is 4.15. The molecule has 0 radical (unpaired) electrons. The van der Waals surface area contributed by atoms with Crippen LogP contribution in [0.15, 0.2) is 64.4 Å². The predicted octanol–water partition coefficient (Wildman–Crippen LogP) is 5.19. The van der Waals surface area contributed by atoms with Crippen LogP contribution in [0.1, 0.15) is 40.3 Å². The van der Waals surface area contributed by atoms with Gasteiger partial charge >= 0.3 is 0 Å². The minimum Gasteiger partial charge on any atom is -0.461 e. The number of Topliss-reactive ketones (excluding diaryl/α,β-unsaturated/α-hetero) is 1. The first-order valence-corrected chi connectivity index (χ1v) is 11.8. The van der Waals surface area contributed by atoms with Gasteiger partial charge in [-0.15, -0.1) is 10.2 Å². The molecule has 0 saturated carbocycles. The normalized spacial score (nSPS) is 12.2. The third-order valence-electron chi connectivity index (χ3n) is 5.61. The Morgan fingerprint density at radius 3 is 2.64 bits per heavy atom. The van der Waals surface area contributed by atoms with Gasteiger partial charge in [0.15, 0.2) is 16.7 Å². The second-order valence-electron chi connectivity index (χ2n) is 8.03. The number of hydrogen-bond donors (Lipinski definition) is 0. The molecule has 3 heterocycles. The van der Waals surface area contributed by atoms with E-state index in [9.17, 15) is 4.79 Å². The minimum atomic E-state index is 0.0674. The highest BCUT2D eigenvalue weighted by molar-refractivity contribution is 7.99. The molecule has 172 valence electrons. The van der Waals surface area contributed by atoms with Crippen LogP contribution in [0.2, 0.25) is 0 Å². The van der Waals surface area contributed by atoms with E-state index in [2.05, 4.69) is 33.8 Å². The van der Waals surface area contributed by atoms with Crippen molar-refractivity contribution in [3.63, 3.8) is 0 Å². The molecular formula is C25H28N4O3S. The standard InChI is InChI=1S/C25H28N4O3S/c1-17-13-21(19(3)29(17)18(2)15-31-4)22(30)16-33-25-27-26-24(23-11-8-12-32-23)28(25)14-20-9-6-5-7-10-20/h5-13,18H,14-16H2,1-4H3/t18-/m0/s1. The zero-order valence-electron chi connectivity index (χ0n) is 19.3. The van der Waals surface area contributed by atoms with Crippen molar-refractivity contribution in [1.29, 1.82) is 0 Å². The fraction of sp³-hybridized carbons (Fsp3) is 0.320. The van der Waals surface area contributed by atoms with Gasteiger partial charge in [-0.25, -0.2) is 0 Å². The van der Waals surface area contributed by atoms with Crippen LogP contribution in [0.4, 0.5) is 0 Å². The minimum absolute atomic E-state index is 0.0674. The zero-order chi connectivity index (χ0) is 23.4. The lowest BCUT2D eigenvalue weighted by molar-refractivity contribution is 0.102. The van der Waals surface area contributed by atoms with Gasteiger partial charge < -0.3 is 13.7 Å². The van der Waals surface area contributed by atoms with Crippen LogP contribution in [-0.2, 0) is 11.3 Å². The second kappa shape index (κ2) is 10.2. The summed E-state index contributed by atoms with van der Waals surface area (Å²) in [4.78, 5) is 13.1. The highest BCUT2D eigenvalue weighted by Gasteiger charge is 2.21. The number of methoxy groups -OCH3 is 1. The van der Waals surface area contributed by atoms with E-state index in [0.29, 0.717) is 29.9 Å². The summed E-state index contributed by atoms with van der Waals surface area (Å²) < 4.78 is 15.0. The molecule has 0 saturated heterocycles. The van der Waals surface area contributed by atoms with Crippen LogP contribution in [0.5, 0.6) is 0 Å². The molecule has 0 bridgehead atoms. The summed E-state index contributed by atoms with van der Waals surface area (Å²) in [5.74, 6) is 1.63. The van der Waals surface area contributed by atoms with Crippen molar-refractivity contribution in [3.8, 4) is 11.6 Å². The van der Waals surface area contributed by atoms with Crippen LogP contribution >= 0.6 is 11.8 Å². The number of ketones is 1. The molecule has 0 aliphatic rings. The Morgan fingerprint density at radius 1 is 1.15 bits per heavy atom. The van der Waals surface area contributed by atoms with Gasteiger partial charge in [0.2, 0.25) is 5.82 Å². The number of ether oxygens (including phenoxy) is 1. The van der Waals surface area contributed by atoms with Gasteiger partial charge in [-0.2, -0.15) is 0 Å². The largest absolute Gasteiger partial charge is 0.461 e. The van der Waals surface area contributed by atoms with E-state index in [1.54, 1.807) is 13.4 Å². The molecule has 7 nitrogen and oxygen atoms in total. The quantitative estimate of drug-likeness (QED) is 0.238. The van der Waals surface area contributed by atoms with Gasteiger partial charge in [-0.3, -0.25) is 9.36 Å². The van der Waals surface area contributed by atoms with Crippen molar-refractivity contribution < 1.29 is 13.9 Å². The molecule has 33 heavy (non-hydrogen) atoms. The Hall–Kier alpha value is -3.10. The summed E-state index contributed by atoms with van der Waals surface area (Å²) in [5, 5.41) is 9.41. The third-order valence-corrected chi connectivity index (χ3v) is 6.57. The van der Waals surface area contributed by atoms with Crippen molar-refractivity contribution in [2.24, 2.45) is 0 Å². The van der Waals surface area contributed by atoms with Crippen molar-refractivity contribution in [2.45, 2.75) is 38.5 Å². The van der Waals surface area contributed by atoms with Gasteiger partial charge in [0.05, 0.1) is 31.2 Å². The zero-order valence-corrected chi connectivity index (χ0v) is 20.1. The summed E-state index contributed by atoms with van der Waals surface area (Å²) in [7, 11) is 1.69. The highest BCUT2D eigenvalue weighted by Crippen LogP contribution is 2.27. The molecule has 3 aromatic heterocycles. The molecule has 0 aliphatic heterocycles. The van der Waals surface area contributed by atoms with Gasteiger partial charge in [0.1, 0.15) is 0 Å². The molecule has 4 aromatic rings. The van der Waals surface area contributed by atoms with Gasteiger partial charge in [-0.1, -0.05) is 42.1 Å². The Bertz CT molecular complexity index is 1210. The topological polar surface area (TPSA) is 75.1 Å². The molecule has 0 N–H and O–H groups in total. The summed E-state index contributed by atoms with van der Waals surface area (Å²) in [6, 6.07) is 15.9. The van der Waals surface area contributed by atoms with Crippen LogP contribution in [0, 0.1) is 13.8 Å². The Balaban J connectivity index is 1.56. The Labute approximate surface area is 197 Å². The molecule has 1 aromatic carbocycles. The van der Waals surface area contributed by atoms with E-state index < -0.39 is 0 Å². The van der Waals surface area contributed by atoms with Crippen molar-refractivity contribution in [3.05, 3.63) is 77.3 Å². The number of benzene rings is 1. The number of aryl methyl sites for hydroxylation is 1. The molecular weight excluding hydrogens is 436 g/mol. The van der Waals surface area contributed by atoms with Crippen LogP contribution in [0.25, 0.3) is 11.6 Å². The first-order chi connectivity index (χ1) is 16.0. The number of furan rings is 1. The maximum atomic E-state index is 13.1.